The summed E-state index contributed by atoms with van der Waals surface area (Å²) in [6, 6.07) is 7.92. The standard InChI is InChI=1S/C21H31NO4S/c1-3-5-6-7-8-12-18-26-21(23)20(16-13-17-22-4-2)27(24,25)19-14-10-9-11-15-19/h9-11,13-17,22H,3-8,12,18H2,1-2H3/b17-13+,20-16-. The molecule has 0 atom stereocenters. The Labute approximate surface area is 163 Å². The lowest BCUT2D eigenvalue weighted by molar-refractivity contribution is -0.138. The Balaban J connectivity index is 2.79. The van der Waals surface area contributed by atoms with Gasteiger partial charge in [-0.2, -0.15) is 0 Å². The van der Waals surface area contributed by atoms with Crippen LogP contribution in [0.25, 0.3) is 0 Å². The fourth-order valence-corrected chi connectivity index (χ4v) is 3.74. The zero-order chi connectivity index (χ0) is 20.0. The van der Waals surface area contributed by atoms with Gasteiger partial charge in [-0.1, -0.05) is 57.2 Å². The smallest absolute Gasteiger partial charge is 0.350 e. The second kappa shape index (κ2) is 13.1. The van der Waals surface area contributed by atoms with Crippen molar-refractivity contribution in [2.75, 3.05) is 13.2 Å². The topological polar surface area (TPSA) is 72.5 Å². The highest BCUT2D eigenvalue weighted by atomic mass is 32.2. The van der Waals surface area contributed by atoms with Gasteiger partial charge in [-0.15, -0.1) is 0 Å². The molecule has 0 bridgehead atoms. The van der Waals surface area contributed by atoms with Crippen molar-refractivity contribution in [3.63, 3.8) is 0 Å². The molecule has 1 aromatic carbocycles. The Morgan fingerprint density at radius 3 is 2.37 bits per heavy atom. The number of allylic oxidation sites excluding steroid dienone is 2. The van der Waals surface area contributed by atoms with Crippen LogP contribution in [-0.2, 0) is 19.4 Å². The minimum atomic E-state index is -3.93. The molecule has 27 heavy (non-hydrogen) atoms. The first kappa shape index (κ1) is 23.0. The summed E-state index contributed by atoms with van der Waals surface area (Å²) in [5.74, 6) is -0.812. The number of sulfone groups is 1. The minimum Gasteiger partial charge on any atom is -0.462 e. The highest BCUT2D eigenvalue weighted by molar-refractivity contribution is 7.96. The van der Waals surface area contributed by atoms with Gasteiger partial charge in [-0.25, -0.2) is 13.2 Å². The van der Waals surface area contributed by atoms with Crippen molar-refractivity contribution in [3.05, 3.63) is 53.6 Å². The zero-order valence-electron chi connectivity index (χ0n) is 16.3. The lowest BCUT2D eigenvalue weighted by Crippen LogP contribution is -2.17. The summed E-state index contributed by atoms with van der Waals surface area (Å²) in [5, 5.41) is 2.94. The first-order valence-electron chi connectivity index (χ1n) is 9.61. The van der Waals surface area contributed by atoms with Crippen LogP contribution in [0, 0.1) is 0 Å². The number of rotatable bonds is 13. The van der Waals surface area contributed by atoms with Gasteiger partial charge >= 0.3 is 5.97 Å². The van der Waals surface area contributed by atoms with Gasteiger partial charge in [0.2, 0.25) is 9.84 Å². The van der Waals surface area contributed by atoms with Gasteiger partial charge in [0.1, 0.15) is 0 Å². The maximum Gasteiger partial charge on any atom is 0.350 e. The van der Waals surface area contributed by atoms with E-state index in [4.69, 9.17) is 4.74 Å². The normalized spacial score (nSPS) is 12.3. The zero-order valence-corrected chi connectivity index (χ0v) is 17.1. The molecule has 0 aliphatic heterocycles. The van der Waals surface area contributed by atoms with Gasteiger partial charge in [0.15, 0.2) is 4.91 Å². The first-order valence-corrected chi connectivity index (χ1v) is 11.1. The van der Waals surface area contributed by atoms with E-state index in [1.54, 1.807) is 24.4 Å². The predicted octanol–water partition coefficient (Wildman–Crippen LogP) is 4.37. The Kier molecular flexibility index (Phi) is 11.2. The molecular weight excluding hydrogens is 362 g/mol. The van der Waals surface area contributed by atoms with Gasteiger partial charge in [-0.3, -0.25) is 0 Å². The maximum atomic E-state index is 12.8. The van der Waals surface area contributed by atoms with Gasteiger partial charge in [0.25, 0.3) is 0 Å². The molecule has 0 aliphatic carbocycles. The molecule has 0 aromatic heterocycles. The number of ether oxygens (including phenoxy) is 1. The molecule has 0 heterocycles. The number of hydrogen-bond donors (Lipinski definition) is 1. The molecule has 0 radical (unpaired) electrons. The Morgan fingerprint density at radius 1 is 1.04 bits per heavy atom. The molecule has 0 spiro atoms. The lowest BCUT2D eigenvalue weighted by Gasteiger charge is -2.09. The van der Waals surface area contributed by atoms with E-state index >= 15 is 0 Å². The Bertz CT molecular complexity index is 709. The van der Waals surface area contributed by atoms with Crippen molar-refractivity contribution in [2.24, 2.45) is 0 Å². The van der Waals surface area contributed by atoms with Crippen LogP contribution in [0.2, 0.25) is 0 Å². The third kappa shape index (κ3) is 8.43. The van der Waals surface area contributed by atoms with Gasteiger partial charge < -0.3 is 10.1 Å². The summed E-state index contributed by atoms with van der Waals surface area (Å²) in [5.41, 5.74) is 0. The molecule has 0 aliphatic rings. The number of benzene rings is 1. The summed E-state index contributed by atoms with van der Waals surface area (Å²) < 4.78 is 30.9. The average Bonchev–Trinajstić information content (AvgIpc) is 2.67. The number of esters is 1. The van der Waals surface area contributed by atoms with Crippen molar-refractivity contribution in [1.29, 1.82) is 0 Å². The molecule has 0 amide bonds. The van der Waals surface area contributed by atoms with Gasteiger partial charge in [0.05, 0.1) is 11.5 Å². The van der Waals surface area contributed by atoms with Crippen LogP contribution in [0.15, 0.2) is 58.5 Å². The number of carbonyl (C=O) groups excluding carboxylic acids is 1. The van der Waals surface area contributed by atoms with Crippen molar-refractivity contribution >= 4 is 15.8 Å². The fraction of sp³-hybridized carbons (Fsp3) is 0.476. The average molecular weight is 394 g/mol. The lowest BCUT2D eigenvalue weighted by atomic mass is 10.1. The van der Waals surface area contributed by atoms with E-state index in [2.05, 4.69) is 12.2 Å². The van der Waals surface area contributed by atoms with Gasteiger partial charge in [0, 0.05) is 6.54 Å². The highest BCUT2D eigenvalue weighted by Gasteiger charge is 2.27. The van der Waals surface area contributed by atoms with E-state index < -0.39 is 15.8 Å². The third-order valence-corrected chi connectivity index (χ3v) is 5.72. The maximum absolute atomic E-state index is 12.8. The Hall–Kier alpha value is -2.08. The minimum absolute atomic E-state index is 0.0737. The highest BCUT2D eigenvalue weighted by Crippen LogP contribution is 2.20. The van der Waals surface area contributed by atoms with Crippen molar-refractivity contribution in [1.82, 2.24) is 5.32 Å². The van der Waals surface area contributed by atoms with E-state index in [0.717, 1.165) is 19.3 Å². The molecular formula is C21H31NO4S. The molecule has 150 valence electrons. The largest absolute Gasteiger partial charge is 0.462 e. The van der Waals surface area contributed by atoms with Crippen molar-refractivity contribution in [2.45, 2.75) is 57.3 Å². The SMILES string of the molecule is CCCCCCCCOC(=O)/C(=C/C=C/NCC)S(=O)(=O)c1ccccc1. The number of carbonyl (C=O) groups is 1. The fourth-order valence-electron chi connectivity index (χ4n) is 2.43. The summed E-state index contributed by atoms with van der Waals surface area (Å²) in [6.45, 7) is 5.01. The van der Waals surface area contributed by atoms with Crippen LogP contribution < -0.4 is 5.32 Å². The molecule has 0 fully saturated rings. The van der Waals surface area contributed by atoms with Crippen LogP contribution in [0.1, 0.15) is 52.4 Å². The molecule has 1 N–H and O–H groups in total. The quantitative estimate of drug-likeness (QED) is 0.233. The second-order valence-corrected chi connectivity index (χ2v) is 8.09. The number of nitrogens with one attached hydrogen (secondary N) is 1. The van der Waals surface area contributed by atoms with Crippen LogP contribution in [0.5, 0.6) is 0 Å². The van der Waals surface area contributed by atoms with Crippen LogP contribution >= 0.6 is 0 Å². The monoisotopic (exact) mass is 393 g/mol. The summed E-state index contributed by atoms with van der Waals surface area (Å²) >= 11 is 0. The molecule has 1 rings (SSSR count). The molecule has 0 saturated heterocycles. The summed E-state index contributed by atoms with van der Waals surface area (Å²) in [7, 11) is -3.93. The molecule has 5 nitrogen and oxygen atoms in total. The van der Waals surface area contributed by atoms with E-state index in [9.17, 15) is 13.2 Å². The molecule has 0 unspecified atom stereocenters. The molecule has 0 saturated carbocycles. The summed E-state index contributed by atoms with van der Waals surface area (Å²) in [4.78, 5) is 12.2. The van der Waals surface area contributed by atoms with E-state index in [1.165, 1.54) is 43.5 Å². The summed E-state index contributed by atoms with van der Waals surface area (Å²) in [6.07, 6.45) is 10.8. The number of unbranched alkanes of at least 4 members (excludes halogenated alkanes) is 5. The van der Waals surface area contributed by atoms with E-state index in [-0.39, 0.29) is 16.4 Å². The van der Waals surface area contributed by atoms with E-state index in [0.29, 0.717) is 6.54 Å². The van der Waals surface area contributed by atoms with E-state index in [1.807, 2.05) is 6.92 Å². The first-order chi connectivity index (χ1) is 13.0. The number of hydrogen-bond acceptors (Lipinski definition) is 5. The third-order valence-electron chi connectivity index (χ3n) is 3.94. The second-order valence-electron chi connectivity index (χ2n) is 6.17. The van der Waals surface area contributed by atoms with Gasteiger partial charge in [-0.05, 0) is 43.8 Å². The molecule has 1 aromatic rings. The Morgan fingerprint density at radius 2 is 1.70 bits per heavy atom. The van der Waals surface area contributed by atoms with Crippen molar-refractivity contribution in [3.8, 4) is 0 Å². The predicted molar refractivity (Wildman–Crippen MR) is 109 cm³/mol. The van der Waals surface area contributed by atoms with Crippen LogP contribution in [0.3, 0.4) is 0 Å². The van der Waals surface area contributed by atoms with Crippen LogP contribution in [0.4, 0.5) is 0 Å². The van der Waals surface area contributed by atoms with Crippen molar-refractivity contribution < 1.29 is 17.9 Å². The van der Waals surface area contributed by atoms with Crippen LogP contribution in [-0.4, -0.2) is 27.5 Å². The molecule has 6 heteroatoms.